The Morgan fingerprint density at radius 2 is 1.25 bits per heavy atom. The zero-order chi connectivity index (χ0) is 60.5. The summed E-state index contributed by atoms with van der Waals surface area (Å²) in [6, 6.07) is 25.4. The van der Waals surface area contributed by atoms with E-state index in [-0.39, 0.29) is 55.7 Å². The molecule has 25 heteroatoms. The highest BCUT2D eigenvalue weighted by Crippen LogP contribution is 2.45. The lowest BCUT2D eigenvalue weighted by Crippen LogP contribution is -2.50. The van der Waals surface area contributed by atoms with E-state index in [4.69, 9.17) is 23.9 Å². The molecule has 85 heavy (non-hydrogen) atoms. The molecule has 21 nitrogen and oxygen atoms in total. The van der Waals surface area contributed by atoms with Crippen LogP contribution in [0, 0.1) is 11.8 Å². The van der Waals surface area contributed by atoms with Crippen LogP contribution in [0.1, 0.15) is 82.5 Å². The molecule has 0 radical (unpaired) electrons. The van der Waals surface area contributed by atoms with Crippen LogP contribution in [0.5, 0.6) is 23.0 Å². The van der Waals surface area contributed by atoms with Crippen LogP contribution in [0.3, 0.4) is 0 Å². The van der Waals surface area contributed by atoms with Gasteiger partial charge in [-0.3, -0.25) is 53.1 Å². The van der Waals surface area contributed by atoms with Gasteiger partial charge in [0.05, 0.1) is 59.6 Å². The van der Waals surface area contributed by atoms with Crippen molar-refractivity contribution in [2.75, 3.05) is 54.3 Å². The lowest BCUT2D eigenvalue weighted by atomic mass is 9.57. The number of hydrogen-bond acceptors (Lipinski definition) is 14. The first kappa shape index (κ1) is 58.7. The summed E-state index contributed by atoms with van der Waals surface area (Å²) in [4.78, 5) is 114. The van der Waals surface area contributed by atoms with Gasteiger partial charge in [-0.15, -0.1) is 0 Å². The molecular weight excluding hydrogens is 1080 g/mol. The largest absolute Gasteiger partial charge is 0.497 e. The number of imide groups is 1. The molecule has 5 aliphatic rings. The van der Waals surface area contributed by atoms with Gasteiger partial charge in [0.1, 0.15) is 12.1 Å². The maximum absolute atomic E-state index is 14.3. The second kappa shape index (κ2) is 24.0. The molecule has 4 atom stereocenters. The molecular formula is C60H63B4N9O12. The second-order valence-electron chi connectivity index (χ2n) is 22.6. The topological polar surface area (TPSA) is 256 Å². The number of fused-ring (bicyclic) bond motifs is 8. The molecule has 5 N–H and O–H groups in total. The molecule has 5 aromatic rings. The van der Waals surface area contributed by atoms with Crippen molar-refractivity contribution >= 4 is 113 Å². The number of ether oxygens (including phenoxy) is 4. The van der Waals surface area contributed by atoms with Gasteiger partial charge in [-0.05, 0) is 91.8 Å². The van der Waals surface area contributed by atoms with Gasteiger partial charge in [0.15, 0.2) is 54.4 Å². The van der Waals surface area contributed by atoms with Crippen molar-refractivity contribution < 1.29 is 57.3 Å². The third kappa shape index (κ3) is 12.3. The van der Waals surface area contributed by atoms with Crippen LogP contribution in [0.2, 0.25) is 0 Å². The molecule has 2 unspecified atom stereocenters. The normalized spacial score (nSPS) is 17.0. The second-order valence-corrected chi connectivity index (χ2v) is 22.6. The fraction of sp³-hybridized carbons (Fsp3) is 0.317. The van der Waals surface area contributed by atoms with E-state index in [1.54, 1.807) is 47.5 Å². The number of benzene rings is 5. The summed E-state index contributed by atoms with van der Waals surface area (Å²) in [7, 11) is 10.4. The molecule has 0 fully saturated rings. The van der Waals surface area contributed by atoms with Crippen LogP contribution in [0.15, 0.2) is 96.0 Å². The SMILES string of the molecule is BC(B)(Oc1cc2c(cc1OC)C(=O)N1c3ccccc3C[C@H]1C=N2)c1cc(NC(=O)C(C)NC(=O)C(C)NC(=O)CCCCC(=O)NCCN2C(=O)C#CC2=O)cc(C(B)(B)Oc2cc3c(cc2OC)C(=O)N2c4ccccc4C[C@H]2CN3)c1. The summed E-state index contributed by atoms with van der Waals surface area (Å²) >= 11 is 0. The molecule has 8 amide bonds. The number of anilines is 4. The molecule has 0 bridgehead atoms. The van der Waals surface area contributed by atoms with Gasteiger partial charge < -0.3 is 50.4 Å². The third-order valence-electron chi connectivity index (χ3n) is 15.8. The van der Waals surface area contributed by atoms with Gasteiger partial charge >= 0.3 is 11.8 Å². The van der Waals surface area contributed by atoms with E-state index in [0.29, 0.717) is 94.5 Å². The lowest BCUT2D eigenvalue weighted by molar-refractivity contribution is -0.136. The highest BCUT2D eigenvalue weighted by Gasteiger charge is 2.40. The molecule has 0 aliphatic carbocycles. The first-order valence-electron chi connectivity index (χ1n) is 28.3. The lowest BCUT2D eigenvalue weighted by Gasteiger charge is -2.33. The van der Waals surface area contributed by atoms with Gasteiger partial charge in [-0.25, -0.2) is 0 Å². The molecule has 5 aromatic carbocycles. The van der Waals surface area contributed by atoms with Crippen LogP contribution in [0.25, 0.3) is 0 Å². The number of methoxy groups -OCH3 is 2. The van der Waals surface area contributed by atoms with E-state index < -0.39 is 52.4 Å². The third-order valence-corrected chi connectivity index (χ3v) is 15.8. The van der Waals surface area contributed by atoms with Crippen LogP contribution in [-0.4, -0.2) is 148 Å². The smallest absolute Gasteiger partial charge is 0.306 e. The van der Waals surface area contributed by atoms with Crippen LogP contribution in [0.4, 0.5) is 28.4 Å². The molecule has 0 aromatic heterocycles. The molecule has 0 spiro atoms. The number of carbonyl (C=O) groups excluding carboxylic acids is 8. The minimum absolute atomic E-state index is 0.0116. The van der Waals surface area contributed by atoms with Crippen molar-refractivity contribution in [2.45, 2.75) is 87.3 Å². The first-order valence-corrected chi connectivity index (χ1v) is 28.3. The maximum atomic E-state index is 14.3. The molecule has 0 saturated heterocycles. The molecule has 0 saturated carbocycles. The minimum atomic E-state index is -1.20. The number of amides is 8. The number of carbonyl (C=O) groups is 8. The summed E-state index contributed by atoms with van der Waals surface area (Å²) in [5.41, 5.74) is 7.10. The zero-order valence-electron chi connectivity index (χ0n) is 48.6. The average molecular weight is 1150 g/mol. The number of para-hydroxylation sites is 2. The molecule has 5 aliphatic heterocycles. The van der Waals surface area contributed by atoms with Crippen molar-refractivity contribution in [1.29, 1.82) is 0 Å². The number of nitrogens with zero attached hydrogens (tertiary/aromatic N) is 4. The predicted molar refractivity (Wildman–Crippen MR) is 329 cm³/mol. The number of aliphatic imine (C=N–C) groups is 1. The van der Waals surface area contributed by atoms with E-state index in [0.717, 1.165) is 27.4 Å². The summed E-state index contributed by atoms with van der Waals surface area (Å²) in [5.74, 6) is 2.04. The number of hydrogen-bond donors (Lipinski definition) is 5. The van der Waals surface area contributed by atoms with E-state index in [1.165, 1.54) is 28.1 Å². The average Bonchev–Trinajstić information content (AvgIpc) is 1.94. The Morgan fingerprint density at radius 3 is 1.89 bits per heavy atom. The Labute approximate surface area is 495 Å². The minimum Gasteiger partial charge on any atom is -0.497 e. The van der Waals surface area contributed by atoms with Gasteiger partial charge in [-0.1, -0.05) is 42.5 Å². The van der Waals surface area contributed by atoms with Crippen molar-refractivity contribution in [1.82, 2.24) is 20.9 Å². The van der Waals surface area contributed by atoms with Crippen LogP contribution >= 0.6 is 0 Å². The van der Waals surface area contributed by atoms with Crippen molar-refractivity contribution in [3.05, 3.63) is 124 Å². The summed E-state index contributed by atoms with van der Waals surface area (Å²) < 4.78 is 25.6. The van der Waals surface area contributed by atoms with Gasteiger partial charge in [-0.2, -0.15) is 0 Å². The van der Waals surface area contributed by atoms with Crippen molar-refractivity contribution in [3.8, 4) is 34.8 Å². The Kier molecular flexibility index (Phi) is 16.6. The standard InChI is InChI=1S/C60H63B4N9O12/c1-32(68-52(75)16-10-9-15-51(74)65-19-20-71-53(76)17-18-54(71)77)55(78)69-33(2)56(79)70-38-24-36(59(61,62)84-49-28-43-41(26-47(49)82-3)57(80)72-39(30-66-43)21-34-11-5-7-13-45(34)72)23-37(25-38)60(63,64)85-50-29-44-42(27-48(50)83-4)58(81)73-40(31-67-44)22-35-12-6-8-14-46(35)73/h5-8,11-14,23-30,32-33,39-40,67H,9-10,15-16,19-22,31,61-64H2,1-4H3,(H,65,74)(H,68,75)(H,69,78)(H,70,79)/t32?,33?,39-,40-/m0/s1. The number of nitrogens with one attached hydrogen (secondary N) is 5. The summed E-state index contributed by atoms with van der Waals surface area (Å²) in [6.45, 7) is 3.56. The van der Waals surface area contributed by atoms with Gasteiger partial charge in [0.25, 0.3) is 11.8 Å². The van der Waals surface area contributed by atoms with Gasteiger partial charge in [0, 0.05) is 86.1 Å². The Morgan fingerprint density at radius 1 is 0.682 bits per heavy atom. The Bertz CT molecular complexity index is 3680. The van der Waals surface area contributed by atoms with Crippen LogP contribution in [-0.2, 0) is 52.4 Å². The van der Waals surface area contributed by atoms with Crippen LogP contribution < -0.4 is 55.3 Å². The quantitative estimate of drug-likeness (QED) is 0.0297. The Hall–Kier alpha value is -9.45. The Balaban J connectivity index is 0.859. The first-order chi connectivity index (χ1) is 40.6. The summed E-state index contributed by atoms with van der Waals surface area (Å²) in [5, 5.41) is 12.1. The monoisotopic (exact) mass is 1150 g/mol. The van der Waals surface area contributed by atoms with E-state index >= 15 is 0 Å². The van der Waals surface area contributed by atoms with E-state index in [9.17, 15) is 38.4 Å². The fourth-order valence-electron chi connectivity index (χ4n) is 11.1. The molecule has 5 heterocycles. The van der Waals surface area contributed by atoms with E-state index in [1.807, 2.05) is 90.9 Å². The summed E-state index contributed by atoms with van der Waals surface area (Å²) in [6.07, 6.45) is 3.95. The molecule has 10 rings (SSSR count). The predicted octanol–water partition coefficient (Wildman–Crippen LogP) is 0.896. The molecule has 432 valence electrons. The van der Waals surface area contributed by atoms with Gasteiger partial charge in [0.2, 0.25) is 23.6 Å². The zero-order valence-corrected chi connectivity index (χ0v) is 48.6. The van der Waals surface area contributed by atoms with Crippen molar-refractivity contribution in [2.24, 2.45) is 4.99 Å². The highest BCUT2D eigenvalue weighted by atomic mass is 16.5. The highest BCUT2D eigenvalue weighted by molar-refractivity contribution is 6.40. The number of unbranched alkanes of at least 4 members (excludes halogenated alkanes) is 1. The maximum Gasteiger partial charge on any atom is 0.306 e. The van der Waals surface area contributed by atoms with E-state index in [2.05, 4.69) is 38.4 Å². The fourth-order valence-corrected chi connectivity index (χ4v) is 11.1. The van der Waals surface area contributed by atoms with Crippen molar-refractivity contribution in [3.63, 3.8) is 0 Å². The number of rotatable bonds is 21.